The number of hydrogen-bond acceptors (Lipinski definition) is 6. The Morgan fingerprint density at radius 2 is 1.92 bits per heavy atom. The fourth-order valence-electron chi connectivity index (χ4n) is 2.83. The fraction of sp³-hybridized carbons (Fsp3) is 0.353. The van der Waals surface area contributed by atoms with Crippen molar-refractivity contribution in [2.45, 2.75) is 25.9 Å². The molecule has 1 aliphatic heterocycles. The van der Waals surface area contributed by atoms with Crippen LogP contribution >= 0.6 is 0 Å². The summed E-state index contributed by atoms with van der Waals surface area (Å²) in [7, 11) is 3.04. The van der Waals surface area contributed by atoms with Crippen molar-refractivity contribution in [2.75, 3.05) is 14.2 Å². The van der Waals surface area contributed by atoms with Gasteiger partial charge in [-0.3, -0.25) is 9.69 Å². The minimum atomic E-state index is -1.20. The van der Waals surface area contributed by atoms with Crippen molar-refractivity contribution >= 4 is 11.9 Å². The zero-order valence-electron chi connectivity index (χ0n) is 14.5. The molecule has 1 N–H and O–H groups in total. The lowest BCUT2D eigenvalue weighted by Crippen LogP contribution is -2.40. The summed E-state index contributed by atoms with van der Waals surface area (Å²) in [5.74, 6) is 1.09. The Morgan fingerprint density at radius 1 is 1.20 bits per heavy atom. The van der Waals surface area contributed by atoms with Crippen LogP contribution in [0.2, 0.25) is 0 Å². The molecule has 0 aliphatic carbocycles. The number of carbonyl (C=O) groups is 2. The minimum Gasteiger partial charge on any atom is -0.493 e. The minimum absolute atomic E-state index is 0.0222. The van der Waals surface area contributed by atoms with Crippen molar-refractivity contribution in [1.29, 1.82) is 0 Å². The highest BCUT2D eigenvalue weighted by Crippen LogP contribution is 2.35. The maximum Gasteiger partial charge on any atom is 0.325 e. The smallest absolute Gasteiger partial charge is 0.325 e. The molecule has 2 heterocycles. The molecule has 0 spiro atoms. The summed E-state index contributed by atoms with van der Waals surface area (Å²) in [5, 5.41) is 6.51. The summed E-state index contributed by atoms with van der Waals surface area (Å²) in [4.78, 5) is 26.4. The highest BCUT2D eigenvalue weighted by atomic mass is 16.5. The molecule has 25 heavy (non-hydrogen) atoms. The van der Waals surface area contributed by atoms with Crippen molar-refractivity contribution in [3.8, 4) is 11.5 Å². The molecular weight excluding hydrogens is 326 g/mol. The number of methoxy groups -OCH3 is 2. The molecule has 0 radical (unpaired) electrons. The monoisotopic (exact) mass is 345 g/mol. The van der Waals surface area contributed by atoms with Crippen LogP contribution in [0, 0.1) is 6.92 Å². The summed E-state index contributed by atoms with van der Waals surface area (Å²) >= 11 is 0. The van der Waals surface area contributed by atoms with Gasteiger partial charge in [0.25, 0.3) is 5.91 Å². The molecule has 0 bridgehead atoms. The van der Waals surface area contributed by atoms with Gasteiger partial charge in [-0.25, -0.2) is 4.79 Å². The van der Waals surface area contributed by atoms with Crippen LogP contribution in [0.4, 0.5) is 4.79 Å². The van der Waals surface area contributed by atoms with Gasteiger partial charge in [0.15, 0.2) is 17.3 Å². The number of hydrogen-bond donors (Lipinski definition) is 1. The van der Waals surface area contributed by atoms with Gasteiger partial charge in [-0.2, -0.15) is 0 Å². The van der Waals surface area contributed by atoms with Crippen molar-refractivity contribution in [2.24, 2.45) is 0 Å². The number of rotatable bonds is 5. The van der Waals surface area contributed by atoms with Crippen LogP contribution in [-0.2, 0) is 16.9 Å². The molecule has 0 saturated carbocycles. The van der Waals surface area contributed by atoms with E-state index in [2.05, 4.69) is 10.5 Å². The molecule has 1 aliphatic rings. The molecule has 1 aromatic heterocycles. The molecule has 1 unspecified atom stereocenters. The molecule has 132 valence electrons. The number of nitrogens with one attached hydrogen (secondary N) is 1. The third-order valence-electron chi connectivity index (χ3n) is 4.23. The van der Waals surface area contributed by atoms with E-state index >= 15 is 0 Å². The van der Waals surface area contributed by atoms with Gasteiger partial charge in [-0.1, -0.05) is 11.2 Å². The van der Waals surface area contributed by atoms with E-state index in [1.807, 2.05) is 0 Å². The quantitative estimate of drug-likeness (QED) is 0.833. The van der Waals surface area contributed by atoms with Gasteiger partial charge in [0.05, 0.1) is 26.5 Å². The normalized spacial score (nSPS) is 19.9. The predicted molar refractivity (Wildman–Crippen MR) is 87.2 cm³/mol. The first-order valence-corrected chi connectivity index (χ1v) is 7.68. The second kappa shape index (κ2) is 6.12. The summed E-state index contributed by atoms with van der Waals surface area (Å²) in [6, 6.07) is 6.30. The Hall–Kier alpha value is -3.03. The number of aromatic nitrogens is 1. The molecule has 1 aromatic carbocycles. The first-order chi connectivity index (χ1) is 11.9. The third kappa shape index (κ3) is 2.79. The molecule has 8 nitrogen and oxygen atoms in total. The maximum atomic E-state index is 12.9. The molecule has 1 saturated heterocycles. The Balaban J connectivity index is 1.91. The van der Waals surface area contributed by atoms with E-state index in [1.165, 1.54) is 14.2 Å². The SMILES string of the molecule is COc1ccc(C2(C)NC(=O)N(Cc3cc(C)no3)C2=O)cc1OC. The van der Waals surface area contributed by atoms with Gasteiger partial charge >= 0.3 is 6.03 Å². The Labute approximate surface area is 144 Å². The first kappa shape index (κ1) is 16.8. The van der Waals surface area contributed by atoms with E-state index in [1.54, 1.807) is 38.1 Å². The molecule has 1 atom stereocenters. The lowest BCUT2D eigenvalue weighted by molar-refractivity contribution is -0.131. The Morgan fingerprint density at radius 3 is 2.52 bits per heavy atom. The van der Waals surface area contributed by atoms with Gasteiger partial charge in [-0.05, 0) is 31.5 Å². The summed E-state index contributed by atoms with van der Waals surface area (Å²) in [6.45, 7) is 3.45. The van der Waals surface area contributed by atoms with Gasteiger partial charge < -0.3 is 19.3 Å². The van der Waals surface area contributed by atoms with Crippen LogP contribution < -0.4 is 14.8 Å². The van der Waals surface area contributed by atoms with E-state index in [0.717, 1.165) is 4.90 Å². The van der Waals surface area contributed by atoms with Crippen LogP contribution in [0.5, 0.6) is 11.5 Å². The largest absolute Gasteiger partial charge is 0.493 e. The Kier molecular flexibility index (Phi) is 4.12. The van der Waals surface area contributed by atoms with Crippen LogP contribution in [0.3, 0.4) is 0 Å². The number of nitrogens with zero attached hydrogens (tertiary/aromatic N) is 2. The number of aryl methyl sites for hydroxylation is 1. The number of urea groups is 1. The van der Waals surface area contributed by atoms with Crippen LogP contribution in [-0.4, -0.2) is 36.2 Å². The second-order valence-electron chi connectivity index (χ2n) is 5.95. The van der Waals surface area contributed by atoms with Crippen LogP contribution in [0.15, 0.2) is 28.8 Å². The average Bonchev–Trinajstić information content (AvgIpc) is 3.11. The van der Waals surface area contributed by atoms with E-state index in [4.69, 9.17) is 14.0 Å². The standard InChI is InChI=1S/C17H19N3O5/c1-10-7-12(25-19-10)9-20-15(21)17(2,18-16(20)22)11-5-6-13(23-3)14(8-11)24-4/h5-8H,9H2,1-4H3,(H,18,22). The zero-order valence-corrected chi connectivity index (χ0v) is 14.5. The zero-order chi connectivity index (χ0) is 18.2. The fourth-order valence-corrected chi connectivity index (χ4v) is 2.83. The first-order valence-electron chi connectivity index (χ1n) is 7.68. The van der Waals surface area contributed by atoms with Crippen molar-refractivity contribution in [3.05, 3.63) is 41.3 Å². The van der Waals surface area contributed by atoms with E-state index in [9.17, 15) is 9.59 Å². The van der Waals surface area contributed by atoms with E-state index in [0.29, 0.717) is 28.5 Å². The molecular formula is C17H19N3O5. The third-order valence-corrected chi connectivity index (χ3v) is 4.23. The Bertz CT molecular complexity index is 831. The molecule has 2 aromatic rings. The van der Waals surface area contributed by atoms with Gasteiger partial charge in [0, 0.05) is 6.07 Å². The molecule has 3 rings (SSSR count). The molecule has 3 amide bonds. The summed E-state index contributed by atoms with van der Waals surface area (Å²) in [6.07, 6.45) is 0. The van der Waals surface area contributed by atoms with E-state index < -0.39 is 11.6 Å². The summed E-state index contributed by atoms with van der Waals surface area (Å²) in [5.41, 5.74) is 0.0792. The van der Waals surface area contributed by atoms with Gasteiger partial charge in [0.1, 0.15) is 5.54 Å². The lowest BCUT2D eigenvalue weighted by atomic mass is 9.91. The topological polar surface area (TPSA) is 93.9 Å². The number of imide groups is 1. The van der Waals surface area contributed by atoms with E-state index in [-0.39, 0.29) is 12.5 Å². The highest BCUT2D eigenvalue weighted by molar-refractivity contribution is 6.07. The maximum absolute atomic E-state index is 12.9. The van der Waals surface area contributed by atoms with Crippen molar-refractivity contribution < 1.29 is 23.6 Å². The second-order valence-corrected chi connectivity index (χ2v) is 5.95. The number of benzene rings is 1. The predicted octanol–water partition coefficient (Wildman–Crippen LogP) is 1.97. The van der Waals surface area contributed by atoms with Gasteiger partial charge in [0.2, 0.25) is 0 Å². The summed E-state index contributed by atoms with van der Waals surface area (Å²) < 4.78 is 15.6. The number of ether oxygens (including phenoxy) is 2. The number of amides is 3. The average molecular weight is 345 g/mol. The molecule has 1 fully saturated rings. The lowest BCUT2D eigenvalue weighted by Gasteiger charge is -2.23. The van der Waals surface area contributed by atoms with Crippen molar-refractivity contribution in [1.82, 2.24) is 15.4 Å². The molecule has 8 heteroatoms. The highest BCUT2D eigenvalue weighted by Gasteiger charge is 2.49. The van der Waals surface area contributed by atoms with Gasteiger partial charge in [-0.15, -0.1) is 0 Å². The number of carbonyl (C=O) groups excluding carboxylic acids is 2. The van der Waals surface area contributed by atoms with Crippen LogP contribution in [0.25, 0.3) is 0 Å². The van der Waals surface area contributed by atoms with Crippen LogP contribution in [0.1, 0.15) is 23.9 Å². The van der Waals surface area contributed by atoms with Crippen molar-refractivity contribution in [3.63, 3.8) is 0 Å².